The standard InChI is InChI=1S/C14H12N4O2/c1-15-13(19)9-4-5-11-12(7-9)17-18(14(11)20)10-3-2-6-16-8-10/h2-8,17H,1H3,(H,15,19). The number of benzene rings is 1. The van der Waals surface area contributed by atoms with Crippen LogP contribution in [0.1, 0.15) is 10.4 Å². The quantitative estimate of drug-likeness (QED) is 0.729. The van der Waals surface area contributed by atoms with Gasteiger partial charge in [-0.1, -0.05) is 0 Å². The van der Waals surface area contributed by atoms with E-state index in [2.05, 4.69) is 15.4 Å². The second kappa shape index (κ2) is 4.65. The molecule has 0 aliphatic rings. The fourth-order valence-electron chi connectivity index (χ4n) is 2.07. The van der Waals surface area contributed by atoms with Crippen LogP contribution in [-0.2, 0) is 0 Å². The molecule has 0 atom stereocenters. The van der Waals surface area contributed by atoms with Gasteiger partial charge in [0.05, 0.1) is 22.8 Å². The number of hydrogen-bond donors (Lipinski definition) is 2. The molecule has 2 aromatic heterocycles. The Balaban J connectivity index is 2.20. The molecule has 0 aliphatic carbocycles. The second-order valence-corrected chi connectivity index (χ2v) is 4.30. The summed E-state index contributed by atoms with van der Waals surface area (Å²) in [5.74, 6) is -0.193. The Hall–Kier alpha value is -2.89. The monoisotopic (exact) mass is 268 g/mol. The summed E-state index contributed by atoms with van der Waals surface area (Å²) in [4.78, 5) is 27.9. The van der Waals surface area contributed by atoms with Gasteiger partial charge in [0.2, 0.25) is 0 Å². The van der Waals surface area contributed by atoms with Crippen molar-refractivity contribution in [3.63, 3.8) is 0 Å². The number of rotatable bonds is 2. The molecule has 20 heavy (non-hydrogen) atoms. The fraction of sp³-hybridized carbons (Fsp3) is 0.0714. The van der Waals surface area contributed by atoms with Gasteiger partial charge in [-0.2, -0.15) is 0 Å². The summed E-state index contributed by atoms with van der Waals surface area (Å²) in [7, 11) is 1.57. The van der Waals surface area contributed by atoms with E-state index in [4.69, 9.17) is 0 Å². The van der Waals surface area contributed by atoms with Gasteiger partial charge in [0.25, 0.3) is 11.5 Å². The van der Waals surface area contributed by atoms with E-state index in [0.29, 0.717) is 22.2 Å². The Morgan fingerprint density at radius 2 is 2.20 bits per heavy atom. The molecule has 6 nitrogen and oxygen atoms in total. The van der Waals surface area contributed by atoms with Crippen LogP contribution in [0.4, 0.5) is 0 Å². The predicted molar refractivity (Wildman–Crippen MR) is 75.1 cm³/mol. The Labute approximate surface area is 114 Å². The molecule has 0 bridgehead atoms. The molecular formula is C14H12N4O2. The molecule has 3 aromatic rings. The Bertz CT molecular complexity index is 833. The van der Waals surface area contributed by atoms with Gasteiger partial charge < -0.3 is 5.32 Å². The molecule has 0 radical (unpaired) electrons. The first-order valence-corrected chi connectivity index (χ1v) is 6.08. The first-order chi connectivity index (χ1) is 9.70. The van der Waals surface area contributed by atoms with Crippen LogP contribution in [0.25, 0.3) is 16.6 Å². The van der Waals surface area contributed by atoms with Crippen molar-refractivity contribution in [3.8, 4) is 5.69 Å². The highest BCUT2D eigenvalue weighted by Gasteiger charge is 2.11. The van der Waals surface area contributed by atoms with Gasteiger partial charge in [-0.25, -0.2) is 4.68 Å². The number of carbonyl (C=O) groups excluding carboxylic acids is 1. The van der Waals surface area contributed by atoms with Gasteiger partial charge in [-0.05, 0) is 30.3 Å². The minimum atomic E-state index is -0.193. The maximum Gasteiger partial charge on any atom is 0.279 e. The van der Waals surface area contributed by atoms with Crippen molar-refractivity contribution in [2.24, 2.45) is 0 Å². The molecule has 0 fully saturated rings. The summed E-state index contributed by atoms with van der Waals surface area (Å²) < 4.78 is 1.41. The first kappa shape index (κ1) is 12.2. The highest BCUT2D eigenvalue weighted by atomic mass is 16.1. The Morgan fingerprint density at radius 1 is 1.35 bits per heavy atom. The highest BCUT2D eigenvalue weighted by molar-refractivity contribution is 5.97. The molecular weight excluding hydrogens is 256 g/mol. The molecule has 1 amide bonds. The molecule has 0 saturated carbocycles. The topological polar surface area (TPSA) is 79.8 Å². The first-order valence-electron chi connectivity index (χ1n) is 6.08. The van der Waals surface area contributed by atoms with Gasteiger partial charge >= 0.3 is 0 Å². The van der Waals surface area contributed by atoms with E-state index in [1.54, 1.807) is 49.8 Å². The molecule has 0 aliphatic heterocycles. The molecule has 100 valence electrons. The SMILES string of the molecule is CNC(=O)c1ccc2c(=O)n(-c3cccnc3)[nH]c2c1. The van der Waals surface area contributed by atoms with E-state index in [1.165, 1.54) is 4.68 Å². The lowest BCUT2D eigenvalue weighted by Gasteiger charge is -1.99. The average Bonchev–Trinajstić information content (AvgIpc) is 2.84. The molecule has 0 spiro atoms. The van der Waals surface area contributed by atoms with Crippen LogP contribution in [0.3, 0.4) is 0 Å². The maximum atomic E-state index is 12.3. The number of nitrogens with one attached hydrogen (secondary N) is 2. The van der Waals surface area contributed by atoms with Gasteiger partial charge in [0, 0.05) is 18.8 Å². The largest absolute Gasteiger partial charge is 0.355 e. The number of aromatic amines is 1. The molecule has 0 unspecified atom stereocenters. The van der Waals surface area contributed by atoms with Crippen LogP contribution >= 0.6 is 0 Å². The molecule has 2 N–H and O–H groups in total. The maximum absolute atomic E-state index is 12.3. The fourth-order valence-corrected chi connectivity index (χ4v) is 2.07. The van der Waals surface area contributed by atoms with Crippen molar-refractivity contribution in [1.82, 2.24) is 20.1 Å². The van der Waals surface area contributed by atoms with Crippen LogP contribution in [0.5, 0.6) is 0 Å². The van der Waals surface area contributed by atoms with Crippen LogP contribution in [-0.4, -0.2) is 27.7 Å². The van der Waals surface area contributed by atoms with E-state index in [0.717, 1.165) is 0 Å². The van der Waals surface area contributed by atoms with Gasteiger partial charge in [0.15, 0.2) is 0 Å². The second-order valence-electron chi connectivity index (χ2n) is 4.30. The molecule has 6 heteroatoms. The zero-order chi connectivity index (χ0) is 14.1. The van der Waals surface area contributed by atoms with Gasteiger partial charge in [-0.15, -0.1) is 0 Å². The minimum Gasteiger partial charge on any atom is -0.355 e. The van der Waals surface area contributed by atoms with E-state index < -0.39 is 0 Å². The van der Waals surface area contributed by atoms with Crippen LogP contribution in [0.15, 0.2) is 47.5 Å². The number of fused-ring (bicyclic) bond motifs is 1. The normalized spacial score (nSPS) is 10.7. The third-order valence-corrected chi connectivity index (χ3v) is 3.08. The van der Waals surface area contributed by atoms with Crippen molar-refractivity contribution < 1.29 is 4.79 Å². The van der Waals surface area contributed by atoms with Crippen LogP contribution in [0, 0.1) is 0 Å². The average molecular weight is 268 g/mol. The number of amides is 1. The van der Waals surface area contributed by atoms with Crippen molar-refractivity contribution in [3.05, 3.63) is 58.6 Å². The van der Waals surface area contributed by atoms with E-state index in [1.807, 2.05) is 0 Å². The third-order valence-electron chi connectivity index (χ3n) is 3.08. The van der Waals surface area contributed by atoms with E-state index >= 15 is 0 Å². The zero-order valence-electron chi connectivity index (χ0n) is 10.8. The summed E-state index contributed by atoms with van der Waals surface area (Å²) in [6.07, 6.45) is 3.23. The van der Waals surface area contributed by atoms with Crippen molar-refractivity contribution in [2.75, 3.05) is 7.05 Å². The van der Waals surface area contributed by atoms with Gasteiger partial charge in [-0.3, -0.25) is 19.7 Å². The van der Waals surface area contributed by atoms with Crippen molar-refractivity contribution in [2.45, 2.75) is 0 Å². The van der Waals surface area contributed by atoms with E-state index in [-0.39, 0.29) is 11.5 Å². The Kier molecular flexibility index (Phi) is 2.83. The van der Waals surface area contributed by atoms with Crippen LogP contribution in [0.2, 0.25) is 0 Å². The molecule has 2 heterocycles. The smallest absolute Gasteiger partial charge is 0.279 e. The van der Waals surface area contributed by atoms with Crippen molar-refractivity contribution in [1.29, 1.82) is 0 Å². The molecule has 1 aromatic carbocycles. The number of pyridine rings is 1. The summed E-state index contributed by atoms with van der Waals surface area (Å²) >= 11 is 0. The van der Waals surface area contributed by atoms with E-state index in [9.17, 15) is 9.59 Å². The van der Waals surface area contributed by atoms with Crippen molar-refractivity contribution >= 4 is 16.8 Å². The number of aromatic nitrogens is 3. The summed E-state index contributed by atoms with van der Waals surface area (Å²) in [6, 6.07) is 8.46. The summed E-state index contributed by atoms with van der Waals surface area (Å²) in [6.45, 7) is 0. The Morgan fingerprint density at radius 3 is 2.90 bits per heavy atom. The molecule has 3 rings (SSSR count). The zero-order valence-corrected chi connectivity index (χ0v) is 10.8. The molecule has 0 saturated heterocycles. The number of nitrogens with zero attached hydrogens (tertiary/aromatic N) is 2. The summed E-state index contributed by atoms with van der Waals surface area (Å²) in [5, 5.41) is 6.06. The lowest BCUT2D eigenvalue weighted by Crippen LogP contribution is -2.17. The summed E-state index contributed by atoms with van der Waals surface area (Å²) in [5.41, 5.74) is 1.59. The third kappa shape index (κ3) is 1.87. The lowest BCUT2D eigenvalue weighted by atomic mass is 10.1. The number of carbonyl (C=O) groups is 1. The minimum absolute atomic E-state index is 0.170. The number of H-pyrrole nitrogens is 1. The van der Waals surface area contributed by atoms with Gasteiger partial charge in [0.1, 0.15) is 0 Å². The lowest BCUT2D eigenvalue weighted by molar-refractivity contribution is 0.0963. The number of hydrogen-bond acceptors (Lipinski definition) is 3. The van der Waals surface area contributed by atoms with Crippen LogP contribution < -0.4 is 10.9 Å². The highest BCUT2D eigenvalue weighted by Crippen LogP contribution is 2.13. The predicted octanol–water partition coefficient (Wildman–Crippen LogP) is 1.07.